The Morgan fingerprint density at radius 3 is 2.77 bits per heavy atom. The van der Waals surface area contributed by atoms with Crippen LogP contribution < -0.4 is 10.1 Å². The van der Waals surface area contributed by atoms with E-state index in [4.69, 9.17) is 9.26 Å². The van der Waals surface area contributed by atoms with Crippen LogP contribution in [0.25, 0.3) is 11.4 Å². The average molecular weight is 428 g/mol. The minimum absolute atomic E-state index is 0.222. The van der Waals surface area contributed by atoms with Crippen LogP contribution in [0.1, 0.15) is 18.7 Å². The van der Waals surface area contributed by atoms with Crippen molar-refractivity contribution in [3.63, 3.8) is 0 Å². The monoisotopic (exact) mass is 428 g/mol. The standard InChI is InChI=1S/C22H22F2N4O3/c1-30-17-7-4-14(5-8-17)21-26-20(31-27-21)13-28-10-2-3-15(12-28)22(29)25-16-6-9-18(23)19(24)11-16/h4-9,11,15H,2-3,10,12-13H2,1H3,(H,25,29). The quantitative estimate of drug-likeness (QED) is 0.642. The van der Waals surface area contributed by atoms with Crippen molar-refractivity contribution >= 4 is 11.6 Å². The summed E-state index contributed by atoms with van der Waals surface area (Å²) >= 11 is 0. The number of halogens is 2. The fraction of sp³-hybridized carbons (Fsp3) is 0.318. The third-order valence-electron chi connectivity index (χ3n) is 5.24. The minimum atomic E-state index is -0.993. The Balaban J connectivity index is 1.36. The molecule has 1 saturated heterocycles. The van der Waals surface area contributed by atoms with Crippen LogP contribution in [0.4, 0.5) is 14.5 Å². The highest BCUT2D eigenvalue weighted by Crippen LogP contribution is 2.23. The Hall–Kier alpha value is -3.33. The molecule has 1 fully saturated rings. The molecule has 0 bridgehead atoms. The van der Waals surface area contributed by atoms with E-state index in [0.29, 0.717) is 31.2 Å². The van der Waals surface area contributed by atoms with Gasteiger partial charge in [-0.1, -0.05) is 5.16 Å². The van der Waals surface area contributed by atoms with Gasteiger partial charge in [0.05, 0.1) is 19.6 Å². The molecular formula is C22H22F2N4O3. The minimum Gasteiger partial charge on any atom is -0.497 e. The van der Waals surface area contributed by atoms with Crippen LogP contribution in [0.5, 0.6) is 5.75 Å². The zero-order valence-electron chi connectivity index (χ0n) is 17.0. The van der Waals surface area contributed by atoms with Crippen LogP contribution in [-0.4, -0.2) is 41.1 Å². The topological polar surface area (TPSA) is 80.5 Å². The van der Waals surface area contributed by atoms with Crippen molar-refractivity contribution in [2.75, 3.05) is 25.5 Å². The van der Waals surface area contributed by atoms with Crippen molar-refractivity contribution in [2.45, 2.75) is 19.4 Å². The van der Waals surface area contributed by atoms with Crippen LogP contribution in [-0.2, 0) is 11.3 Å². The number of nitrogens with one attached hydrogen (secondary N) is 1. The molecule has 1 aromatic heterocycles. The van der Waals surface area contributed by atoms with Crippen molar-refractivity contribution in [1.29, 1.82) is 0 Å². The largest absolute Gasteiger partial charge is 0.497 e. The summed E-state index contributed by atoms with van der Waals surface area (Å²) < 4.78 is 37.0. The fourth-order valence-electron chi connectivity index (χ4n) is 3.60. The van der Waals surface area contributed by atoms with E-state index in [1.54, 1.807) is 7.11 Å². The van der Waals surface area contributed by atoms with Gasteiger partial charge in [0, 0.05) is 23.9 Å². The van der Waals surface area contributed by atoms with Crippen LogP contribution in [0, 0.1) is 17.6 Å². The van der Waals surface area contributed by atoms with Crippen molar-refractivity contribution in [2.24, 2.45) is 5.92 Å². The normalized spacial score (nSPS) is 16.8. The summed E-state index contributed by atoms with van der Waals surface area (Å²) in [6.07, 6.45) is 1.54. The van der Waals surface area contributed by atoms with Gasteiger partial charge in [-0.2, -0.15) is 4.98 Å². The number of ether oxygens (including phenoxy) is 1. The number of carbonyl (C=O) groups excluding carboxylic acids is 1. The van der Waals surface area contributed by atoms with E-state index in [1.165, 1.54) is 6.07 Å². The highest BCUT2D eigenvalue weighted by Gasteiger charge is 2.27. The van der Waals surface area contributed by atoms with E-state index in [1.807, 2.05) is 24.3 Å². The number of hydrogen-bond acceptors (Lipinski definition) is 6. The first-order valence-electron chi connectivity index (χ1n) is 9.97. The molecule has 0 aliphatic carbocycles. The second-order valence-corrected chi connectivity index (χ2v) is 7.43. The molecule has 0 saturated carbocycles. The molecule has 1 aliphatic rings. The predicted octanol–water partition coefficient (Wildman–Crippen LogP) is 3.87. The molecule has 0 radical (unpaired) electrons. The summed E-state index contributed by atoms with van der Waals surface area (Å²) in [6, 6.07) is 10.7. The number of methoxy groups -OCH3 is 1. The van der Waals surface area contributed by atoms with Gasteiger partial charge in [0.2, 0.25) is 17.6 Å². The second-order valence-electron chi connectivity index (χ2n) is 7.43. The van der Waals surface area contributed by atoms with Gasteiger partial charge in [0.25, 0.3) is 0 Å². The number of nitrogens with zero attached hydrogens (tertiary/aromatic N) is 3. The lowest BCUT2D eigenvalue weighted by Crippen LogP contribution is -2.40. The van der Waals surface area contributed by atoms with E-state index in [9.17, 15) is 13.6 Å². The number of rotatable bonds is 6. The molecule has 7 nitrogen and oxygen atoms in total. The van der Waals surface area contributed by atoms with Gasteiger partial charge in [0.15, 0.2) is 11.6 Å². The summed E-state index contributed by atoms with van der Waals surface area (Å²) in [6.45, 7) is 1.74. The molecule has 1 atom stereocenters. The number of amides is 1. The lowest BCUT2D eigenvalue weighted by molar-refractivity contribution is -0.121. The van der Waals surface area contributed by atoms with Gasteiger partial charge >= 0.3 is 0 Å². The molecule has 162 valence electrons. The SMILES string of the molecule is COc1ccc(-c2noc(CN3CCCC(C(=O)Nc4ccc(F)c(F)c4)C3)n2)cc1. The zero-order chi connectivity index (χ0) is 21.8. The lowest BCUT2D eigenvalue weighted by Gasteiger charge is -2.30. The number of likely N-dealkylation sites (tertiary alicyclic amines) is 1. The Labute approximate surface area is 178 Å². The molecule has 2 aromatic carbocycles. The Bertz CT molecular complexity index is 1060. The predicted molar refractivity (Wildman–Crippen MR) is 109 cm³/mol. The molecule has 2 heterocycles. The number of aromatic nitrogens is 2. The van der Waals surface area contributed by atoms with Crippen molar-refractivity contribution < 1.29 is 22.8 Å². The summed E-state index contributed by atoms with van der Waals surface area (Å²) in [4.78, 5) is 19.1. The van der Waals surface area contributed by atoms with Crippen molar-refractivity contribution in [3.05, 3.63) is 60.0 Å². The summed E-state index contributed by atoms with van der Waals surface area (Å²) in [5.41, 5.74) is 1.06. The molecule has 0 spiro atoms. The maximum absolute atomic E-state index is 13.4. The first kappa shape index (κ1) is 20.9. The van der Waals surface area contributed by atoms with E-state index < -0.39 is 11.6 Å². The number of hydrogen-bond donors (Lipinski definition) is 1. The number of benzene rings is 2. The fourth-order valence-corrected chi connectivity index (χ4v) is 3.60. The molecule has 9 heteroatoms. The maximum Gasteiger partial charge on any atom is 0.241 e. The second kappa shape index (κ2) is 9.22. The third kappa shape index (κ3) is 5.05. The molecule has 1 aliphatic heterocycles. The van der Waals surface area contributed by atoms with Gasteiger partial charge in [-0.05, 0) is 55.8 Å². The molecule has 1 N–H and O–H groups in total. The van der Waals surface area contributed by atoms with E-state index >= 15 is 0 Å². The highest BCUT2D eigenvalue weighted by molar-refractivity contribution is 5.92. The number of piperidine rings is 1. The Morgan fingerprint density at radius 2 is 2.03 bits per heavy atom. The van der Waals surface area contributed by atoms with Crippen molar-refractivity contribution in [1.82, 2.24) is 15.0 Å². The first-order valence-corrected chi connectivity index (χ1v) is 9.97. The molecule has 3 aromatic rings. The van der Waals surface area contributed by atoms with Crippen LogP contribution in [0.2, 0.25) is 0 Å². The summed E-state index contributed by atoms with van der Waals surface area (Å²) in [5, 5.41) is 6.70. The molecule has 31 heavy (non-hydrogen) atoms. The summed E-state index contributed by atoms with van der Waals surface area (Å²) in [5.74, 6) is -0.739. The smallest absolute Gasteiger partial charge is 0.241 e. The van der Waals surface area contributed by atoms with Gasteiger partial charge < -0.3 is 14.6 Å². The summed E-state index contributed by atoms with van der Waals surface area (Å²) in [7, 11) is 1.60. The van der Waals surface area contributed by atoms with E-state index in [2.05, 4.69) is 20.4 Å². The van der Waals surface area contributed by atoms with Crippen LogP contribution in [0.3, 0.4) is 0 Å². The number of anilines is 1. The third-order valence-corrected chi connectivity index (χ3v) is 5.24. The Kier molecular flexibility index (Phi) is 6.22. The van der Waals surface area contributed by atoms with Gasteiger partial charge in [0.1, 0.15) is 5.75 Å². The lowest BCUT2D eigenvalue weighted by atomic mass is 9.97. The van der Waals surface area contributed by atoms with E-state index in [-0.39, 0.29) is 17.5 Å². The zero-order valence-corrected chi connectivity index (χ0v) is 17.0. The van der Waals surface area contributed by atoms with E-state index in [0.717, 1.165) is 36.4 Å². The van der Waals surface area contributed by atoms with Gasteiger partial charge in [-0.3, -0.25) is 9.69 Å². The molecule has 1 amide bonds. The molecule has 1 unspecified atom stereocenters. The molecule has 4 rings (SSSR count). The van der Waals surface area contributed by atoms with Crippen LogP contribution >= 0.6 is 0 Å². The van der Waals surface area contributed by atoms with Crippen molar-refractivity contribution in [3.8, 4) is 17.1 Å². The molecular weight excluding hydrogens is 406 g/mol. The number of carbonyl (C=O) groups is 1. The Morgan fingerprint density at radius 1 is 1.23 bits per heavy atom. The first-order chi connectivity index (χ1) is 15.0. The van der Waals surface area contributed by atoms with Crippen LogP contribution in [0.15, 0.2) is 47.0 Å². The average Bonchev–Trinajstić information content (AvgIpc) is 3.25. The highest BCUT2D eigenvalue weighted by atomic mass is 19.2. The van der Waals surface area contributed by atoms with Gasteiger partial charge in [-0.15, -0.1) is 0 Å². The van der Waals surface area contributed by atoms with Gasteiger partial charge in [-0.25, -0.2) is 8.78 Å². The maximum atomic E-state index is 13.4.